The first kappa shape index (κ1) is 18.8. The fourth-order valence-corrected chi connectivity index (χ4v) is 3.62. The molecule has 1 aromatic heterocycles. The molecule has 1 aliphatic carbocycles. The number of carbonyl (C=O) groups excluding carboxylic acids is 1. The minimum Gasteiger partial charge on any atom is -0.325 e. The maximum absolute atomic E-state index is 12.6. The topological polar surface area (TPSA) is 70.7 Å². The predicted molar refractivity (Wildman–Crippen MR) is 93.0 cm³/mol. The zero-order valence-electron chi connectivity index (χ0n) is 14.1. The van der Waals surface area contributed by atoms with Crippen molar-refractivity contribution in [3.8, 4) is 0 Å². The lowest BCUT2D eigenvalue weighted by molar-refractivity contribution is -0.137. The number of nitrogens with one attached hydrogen (secondary N) is 2. The Morgan fingerprint density at radius 2 is 1.92 bits per heavy atom. The van der Waals surface area contributed by atoms with Crippen LogP contribution in [0, 0.1) is 0 Å². The molecule has 1 heterocycles. The molecule has 140 valence electrons. The first-order valence-electron chi connectivity index (χ1n) is 8.40. The van der Waals surface area contributed by atoms with Crippen molar-refractivity contribution in [2.24, 2.45) is 0 Å². The van der Waals surface area contributed by atoms with Crippen LogP contribution in [0.15, 0.2) is 29.4 Å². The third kappa shape index (κ3) is 4.57. The van der Waals surface area contributed by atoms with E-state index in [9.17, 15) is 18.0 Å². The zero-order chi connectivity index (χ0) is 18.7. The van der Waals surface area contributed by atoms with Crippen LogP contribution in [0.3, 0.4) is 0 Å². The number of benzene rings is 1. The van der Waals surface area contributed by atoms with Gasteiger partial charge in [-0.1, -0.05) is 24.6 Å². The molecule has 5 nitrogen and oxygen atoms in total. The van der Waals surface area contributed by atoms with Gasteiger partial charge in [0.15, 0.2) is 0 Å². The second-order valence-corrected chi connectivity index (χ2v) is 7.62. The quantitative estimate of drug-likeness (QED) is 0.739. The first-order chi connectivity index (χ1) is 12.3. The van der Waals surface area contributed by atoms with E-state index in [-0.39, 0.29) is 5.91 Å². The number of H-pyrrole nitrogens is 1. The highest BCUT2D eigenvalue weighted by molar-refractivity contribution is 8.00. The van der Waals surface area contributed by atoms with Crippen molar-refractivity contribution in [3.63, 3.8) is 0 Å². The number of aromatic amines is 1. The molecular weight excluding hydrogens is 365 g/mol. The van der Waals surface area contributed by atoms with Crippen LogP contribution in [-0.4, -0.2) is 26.3 Å². The fraction of sp³-hybridized carbons (Fsp3) is 0.471. The molecule has 3 rings (SSSR count). The van der Waals surface area contributed by atoms with Gasteiger partial charge in [-0.15, -0.1) is 5.10 Å². The van der Waals surface area contributed by atoms with Gasteiger partial charge in [0.25, 0.3) is 0 Å². The van der Waals surface area contributed by atoms with Crippen LogP contribution in [0.1, 0.15) is 49.9 Å². The normalized spacial score (nSPS) is 16.6. The molecule has 0 spiro atoms. The number of rotatable bonds is 5. The predicted octanol–water partition coefficient (Wildman–Crippen LogP) is 4.60. The van der Waals surface area contributed by atoms with Gasteiger partial charge in [-0.05, 0) is 44.0 Å². The SMILES string of the molecule is C[C@@H](Sc1n[nH]c(C2CCCC2)n1)C(=O)Nc1ccc(C(F)(F)F)cc1. The van der Waals surface area contributed by atoms with E-state index in [1.54, 1.807) is 6.92 Å². The first-order valence-corrected chi connectivity index (χ1v) is 9.28. The molecule has 1 amide bonds. The van der Waals surface area contributed by atoms with Crippen molar-refractivity contribution < 1.29 is 18.0 Å². The molecule has 1 aromatic carbocycles. The van der Waals surface area contributed by atoms with Gasteiger partial charge in [0.05, 0.1) is 10.8 Å². The van der Waals surface area contributed by atoms with Gasteiger partial charge in [0.1, 0.15) is 5.82 Å². The molecule has 0 bridgehead atoms. The number of amides is 1. The summed E-state index contributed by atoms with van der Waals surface area (Å²) in [5, 5.41) is 9.72. The third-order valence-corrected chi connectivity index (χ3v) is 5.32. The standard InChI is InChI=1S/C17H19F3N4OS/c1-10(26-16-22-14(23-24-16)11-4-2-3-5-11)15(25)21-13-8-6-12(7-9-13)17(18,19)20/h6-11H,2-5H2,1H3,(H,21,25)(H,22,23,24)/t10-/m1/s1. The van der Waals surface area contributed by atoms with Gasteiger partial charge in [-0.3, -0.25) is 9.89 Å². The monoisotopic (exact) mass is 384 g/mol. The zero-order valence-corrected chi connectivity index (χ0v) is 15.0. The molecule has 9 heteroatoms. The minimum absolute atomic E-state index is 0.317. The second kappa shape index (κ2) is 7.69. The van der Waals surface area contributed by atoms with Crippen molar-refractivity contribution in [2.45, 2.75) is 55.1 Å². The summed E-state index contributed by atoms with van der Waals surface area (Å²) in [5.74, 6) is 0.954. The Morgan fingerprint density at radius 1 is 1.27 bits per heavy atom. The van der Waals surface area contributed by atoms with Crippen LogP contribution >= 0.6 is 11.8 Å². The van der Waals surface area contributed by atoms with Crippen molar-refractivity contribution in [1.82, 2.24) is 15.2 Å². The molecule has 1 aliphatic rings. The largest absolute Gasteiger partial charge is 0.416 e. The lowest BCUT2D eigenvalue weighted by Gasteiger charge is -2.11. The van der Waals surface area contributed by atoms with Crippen molar-refractivity contribution in [2.75, 3.05) is 5.32 Å². The number of nitrogens with zero attached hydrogens (tertiary/aromatic N) is 2. The summed E-state index contributed by atoms with van der Waals surface area (Å²) in [6, 6.07) is 4.36. The van der Waals surface area contributed by atoms with Crippen molar-refractivity contribution in [3.05, 3.63) is 35.7 Å². The lowest BCUT2D eigenvalue weighted by Crippen LogP contribution is -2.22. The second-order valence-electron chi connectivity index (χ2n) is 6.31. The molecule has 1 atom stereocenters. The van der Waals surface area contributed by atoms with Crippen LogP contribution in [0.5, 0.6) is 0 Å². The number of halogens is 3. The van der Waals surface area contributed by atoms with Crippen LogP contribution in [-0.2, 0) is 11.0 Å². The Morgan fingerprint density at radius 3 is 2.54 bits per heavy atom. The van der Waals surface area contributed by atoms with Gasteiger partial charge in [-0.25, -0.2) is 4.98 Å². The summed E-state index contributed by atoms with van der Waals surface area (Å²) in [6.45, 7) is 1.70. The Labute approximate surface area is 153 Å². The fourth-order valence-electron chi connectivity index (χ4n) is 2.89. The molecule has 0 aliphatic heterocycles. The molecule has 26 heavy (non-hydrogen) atoms. The van der Waals surface area contributed by atoms with E-state index in [0.717, 1.165) is 30.8 Å². The summed E-state index contributed by atoms with van der Waals surface area (Å²) in [4.78, 5) is 16.7. The Bertz CT molecular complexity index is 754. The molecule has 0 saturated heterocycles. The van der Waals surface area contributed by atoms with Gasteiger partial charge in [0.2, 0.25) is 11.1 Å². The smallest absolute Gasteiger partial charge is 0.325 e. The van der Waals surface area contributed by atoms with Crippen LogP contribution in [0.4, 0.5) is 18.9 Å². The number of hydrogen-bond donors (Lipinski definition) is 2. The van der Waals surface area contributed by atoms with Gasteiger partial charge in [0, 0.05) is 11.6 Å². The molecule has 1 fully saturated rings. The number of carbonyl (C=O) groups is 1. The lowest BCUT2D eigenvalue weighted by atomic mass is 10.1. The van der Waals surface area contributed by atoms with Crippen molar-refractivity contribution >= 4 is 23.4 Å². The summed E-state index contributed by atoms with van der Waals surface area (Å²) >= 11 is 1.21. The summed E-state index contributed by atoms with van der Waals surface area (Å²) in [7, 11) is 0. The molecule has 0 unspecified atom stereocenters. The number of aromatic nitrogens is 3. The minimum atomic E-state index is -4.39. The molecular formula is C17H19F3N4OS. The molecule has 1 saturated carbocycles. The Balaban J connectivity index is 1.56. The Hall–Kier alpha value is -2.03. The highest BCUT2D eigenvalue weighted by Gasteiger charge is 2.30. The summed E-state index contributed by atoms with van der Waals surface area (Å²) in [5.41, 5.74) is -0.435. The maximum Gasteiger partial charge on any atom is 0.416 e. The van der Waals surface area contributed by atoms with E-state index >= 15 is 0 Å². The maximum atomic E-state index is 12.6. The van der Waals surface area contributed by atoms with E-state index in [2.05, 4.69) is 20.5 Å². The molecule has 2 aromatic rings. The highest BCUT2D eigenvalue weighted by atomic mass is 32.2. The van der Waals surface area contributed by atoms with E-state index < -0.39 is 17.0 Å². The van der Waals surface area contributed by atoms with E-state index in [0.29, 0.717) is 16.8 Å². The van der Waals surface area contributed by atoms with Crippen molar-refractivity contribution in [1.29, 1.82) is 0 Å². The number of anilines is 1. The van der Waals surface area contributed by atoms with E-state index in [1.165, 1.54) is 36.7 Å². The number of alkyl halides is 3. The third-order valence-electron chi connectivity index (χ3n) is 4.36. The highest BCUT2D eigenvalue weighted by Crippen LogP contribution is 2.33. The van der Waals surface area contributed by atoms with E-state index in [1.807, 2.05) is 0 Å². The average molecular weight is 384 g/mol. The Kier molecular flexibility index (Phi) is 5.55. The summed E-state index contributed by atoms with van der Waals surface area (Å²) in [6.07, 6.45) is 0.195. The number of hydrogen-bond acceptors (Lipinski definition) is 4. The molecule has 0 radical (unpaired) electrons. The van der Waals surface area contributed by atoms with Crippen LogP contribution in [0.2, 0.25) is 0 Å². The van der Waals surface area contributed by atoms with Crippen LogP contribution < -0.4 is 5.32 Å². The average Bonchev–Trinajstić information content (AvgIpc) is 3.25. The number of thioether (sulfide) groups is 1. The van der Waals surface area contributed by atoms with E-state index in [4.69, 9.17) is 0 Å². The van der Waals surface area contributed by atoms with Gasteiger partial charge in [-0.2, -0.15) is 13.2 Å². The van der Waals surface area contributed by atoms with Crippen LogP contribution in [0.25, 0.3) is 0 Å². The summed E-state index contributed by atoms with van der Waals surface area (Å²) < 4.78 is 37.7. The van der Waals surface area contributed by atoms with Gasteiger partial charge >= 0.3 is 6.18 Å². The molecule has 2 N–H and O–H groups in total. The van der Waals surface area contributed by atoms with Gasteiger partial charge < -0.3 is 5.32 Å².